The van der Waals surface area contributed by atoms with Crippen molar-refractivity contribution in [2.45, 2.75) is 0 Å². The standard InChI is InChI=1S/C14H12N4O/c1-15-13-7-14(18-9-17-13)19-11-6-10-4-2-3-5-12(10)16-8-11/h2-9H,1H3,(H,15,17,18). The molecular weight excluding hydrogens is 240 g/mol. The zero-order valence-corrected chi connectivity index (χ0v) is 10.4. The molecule has 0 aliphatic carbocycles. The van der Waals surface area contributed by atoms with E-state index >= 15 is 0 Å². The Morgan fingerprint density at radius 1 is 1.05 bits per heavy atom. The highest BCUT2D eigenvalue weighted by molar-refractivity contribution is 5.79. The Balaban J connectivity index is 1.92. The van der Waals surface area contributed by atoms with Crippen LogP contribution in [-0.4, -0.2) is 22.0 Å². The molecule has 2 heterocycles. The molecule has 0 saturated carbocycles. The molecule has 5 heteroatoms. The van der Waals surface area contributed by atoms with Crippen molar-refractivity contribution in [2.75, 3.05) is 12.4 Å². The largest absolute Gasteiger partial charge is 0.437 e. The summed E-state index contributed by atoms with van der Waals surface area (Å²) in [7, 11) is 1.80. The summed E-state index contributed by atoms with van der Waals surface area (Å²) in [6, 6.07) is 11.5. The molecule has 0 fully saturated rings. The molecule has 1 aromatic carbocycles. The third-order valence-electron chi connectivity index (χ3n) is 2.69. The first-order valence-electron chi connectivity index (χ1n) is 5.87. The number of hydrogen-bond acceptors (Lipinski definition) is 5. The van der Waals surface area contributed by atoms with Crippen LogP contribution in [-0.2, 0) is 0 Å². The van der Waals surface area contributed by atoms with Gasteiger partial charge >= 0.3 is 0 Å². The molecule has 0 atom stereocenters. The topological polar surface area (TPSA) is 59.9 Å². The van der Waals surface area contributed by atoms with Crippen LogP contribution in [0.15, 0.2) is 48.9 Å². The molecule has 5 nitrogen and oxygen atoms in total. The maximum atomic E-state index is 5.68. The van der Waals surface area contributed by atoms with Crippen molar-refractivity contribution < 1.29 is 4.74 Å². The molecule has 0 amide bonds. The second-order valence-electron chi connectivity index (χ2n) is 3.96. The maximum Gasteiger partial charge on any atom is 0.224 e. The number of nitrogens with one attached hydrogen (secondary N) is 1. The molecule has 1 N–H and O–H groups in total. The van der Waals surface area contributed by atoms with Crippen LogP contribution in [0.4, 0.5) is 5.82 Å². The van der Waals surface area contributed by atoms with Gasteiger partial charge in [0.2, 0.25) is 5.88 Å². The molecule has 0 aliphatic rings. The molecule has 0 radical (unpaired) electrons. The molecule has 0 unspecified atom stereocenters. The van der Waals surface area contributed by atoms with Crippen LogP contribution in [0.1, 0.15) is 0 Å². The Labute approximate surface area is 110 Å². The highest BCUT2D eigenvalue weighted by Crippen LogP contribution is 2.23. The van der Waals surface area contributed by atoms with E-state index in [9.17, 15) is 0 Å². The zero-order valence-electron chi connectivity index (χ0n) is 10.4. The van der Waals surface area contributed by atoms with Crippen molar-refractivity contribution in [1.29, 1.82) is 0 Å². The number of ether oxygens (including phenoxy) is 1. The smallest absolute Gasteiger partial charge is 0.224 e. The number of anilines is 1. The lowest BCUT2D eigenvalue weighted by molar-refractivity contribution is 0.460. The summed E-state index contributed by atoms with van der Waals surface area (Å²) in [4.78, 5) is 12.4. The summed E-state index contributed by atoms with van der Waals surface area (Å²) < 4.78 is 5.68. The highest BCUT2D eigenvalue weighted by Gasteiger charge is 2.02. The predicted octanol–water partition coefficient (Wildman–Crippen LogP) is 2.86. The first-order chi connectivity index (χ1) is 9.35. The van der Waals surface area contributed by atoms with Crippen molar-refractivity contribution in [3.8, 4) is 11.6 Å². The molecule has 3 aromatic rings. The molecule has 0 saturated heterocycles. The third kappa shape index (κ3) is 2.44. The minimum absolute atomic E-state index is 0.483. The number of pyridine rings is 1. The number of aromatic nitrogens is 3. The minimum Gasteiger partial charge on any atom is -0.437 e. The summed E-state index contributed by atoms with van der Waals surface area (Å²) in [5, 5.41) is 3.97. The van der Waals surface area contributed by atoms with Crippen molar-refractivity contribution in [3.63, 3.8) is 0 Å². The monoisotopic (exact) mass is 252 g/mol. The second-order valence-corrected chi connectivity index (χ2v) is 3.96. The van der Waals surface area contributed by atoms with Gasteiger partial charge in [-0.1, -0.05) is 18.2 Å². The van der Waals surface area contributed by atoms with Crippen molar-refractivity contribution in [1.82, 2.24) is 15.0 Å². The number of hydrogen-bond donors (Lipinski definition) is 1. The van der Waals surface area contributed by atoms with Gasteiger partial charge in [-0.3, -0.25) is 4.98 Å². The van der Waals surface area contributed by atoms with Gasteiger partial charge in [-0.25, -0.2) is 9.97 Å². The Kier molecular flexibility index (Phi) is 2.94. The SMILES string of the molecule is CNc1cc(Oc2cnc3ccccc3c2)ncn1. The van der Waals surface area contributed by atoms with E-state index in [0.717, 1.165) is 10.9 Å². The first kappa shape index (κ1) is 11.4. The lowest BCUT2D eigenvalue weighted by Gasteiger charge is -2.06. The van der Waals surface area contributed by atoms with Crippen LogP contribution in [0.3, 0.4) is 0 Å². The lowest BCUT2D eigenvalue weighted by Crippen LogP contribution is -1.95. The molecule has 0 aliphatic heterocycles. The van der Waals surface area contributed by atoms with Gasteiger partial charge in [-0.15, -0.1) is 0 Å². The lowest BCUT2D eigenvalue weighted by atomic mass is 10.2. The van der Waals surface area contributed by atoms with Gasteiger partial charge < -0.3 is 10.1 Å². The van der Waals surface area contributed by atoms with E-state index in [1.165, 1.54) is 6.33 Å². The Hall–Kier alpha value is -2.69. The van der Waals surface area contributed by atoms with E-state index in [-0.39, 0.29) is 0 Å². The van der Waals surface area contributed by atoms with E-state index in [4.69, 9.17) is 4.74 Å². The normalized spacial score (nSPS) is 10.4. The van der Waals surface area contributed by atoms with Gasteiger partial charge in [0.15, 0.2) is 0 Å². The fourth-order valence-electron chi connectivity index (χ4n) is 1.76. The van der Waals surface area contributed by atoms with Crippen LogP contribution in [0.25, 0.3) is 10.9 Å². The summed E-state index contributed by atoms with van der Waals surface area (Å²) in [5.74, 6) is 1.84. The minimum atomic E-state index is 0.483. The Bertz CT molecular complexity index is 714. The molecule has 0 bridgehead atoms. The van der Waals surface area contributed by atoms with Crippen molar-refractivity contribution in [3.05, 3.63) is 48.9 Å². The van der Waals surface area contributed by atoms with Crippen molar-refractivity contribution >= 4 is 16.7 Å². The highest BCUT2D eigenvalue weighted by atomic mass is 16.5. The number of para-hydroxylation sites is 1. The van der Waals surface area contributed by atoms with Crippen LogP contribution >= 0.6 is 0 Å². The molecular formula is C14H12N4O. The average molecular weight is 252 g/mol. The summed E-state index contributed by atoms with van der Waals surface area (Å²) in [6.07, 6.45) is 3.14. The zero-order chi connectivity index (χ0) is 13.1. The fourth-order valence-corrected chi connectivity index (χ4v) is 1.76. The van der Waals surface area contributed by atoms with Crippen LogP contribution in [0.5, 0.6) is 11.6 Å². The second kappa shape index (κ2) is 4.89. The van der Waals surface area contributed by atoms with Crippen LogP contribution in [0.2, 0.25) is 0 Å². The van der Waals surface area contributed by atoms with Gasteiger partial charge in [0.25, 0.3) is 0 Å². The Morgan fingerprint density at radius 3 is 2.84 bits per heavy atom. The van der Waals surface area contributed by atoms with E-state index in [0.29, 0.717) is 17.4 Å². The van der Waals surface area contributed by atoms with Crippen LogP contribution in [0, 0.1) is 0 Å². The summed E-state index contributed by atoms with van der Waals surface area (Å²) in [5.41, 5.74) is 0.938. The van der Waals surface area contributed by atoms with E-state index in [2.05, 4.69) is 20.3 Å². The van der Waals surface area contributed by atoms with Crippen molar-refractivity contribution in [2.24, 2.45) is 0 Å². The fraction of sp³-hybridized carbons (Fsp3) is 0.0714. The van der Waals surface area contributed by atoms with E-state index in [1.807, 2.05) is 30.3 Å². The third-order valence-corrected chi connectivity index (χ3v) is 2.69. The quantitative estimate of drug-likeness (QED) is 0.776. The van der Waals surface area contributed by atoms with E-state index < -0.39 is 0 Å². The van der Waals surface area contributed by atoms with Gasteiger partial charge in [0.1, 0.15) is 17.9 Å². The van der Waals surface area contributed by atoms with Gasteiger partial charge in [-0.2, -0.15) is 0 Å². The molecule has 0 spiro atoms. The van der Waals surface area contributed by atoms with Gasteiger partial charge in [0, 0.05) is 18.5 Å². The number of rotatable bonds is 3. The first-order valence-corrected chi connectivity index (χ1v) is 5.87. The Morgan fingerprint density at radius 2 is 1.95 bits per heavy atom. The van der Waals surface area contributed by atoms with Gasteiger partial charge in [-0.05, 0) is 12.1 Å². The average Bonchev–Trinajstić information content (AvgIpc) is 2.47. The number of benzene rings is 1. The summed E-state index contributed by atoms with van der Waals surface area (Å²) >= 11 is 0. The summed E-state index contributed by atoms with van der Waals surface area (Å²) in [6.45, 7) is 0. The molecule has 94 valence electrons. The predicted molar refractivity (Wildman–Crippen MR) is 73.4 cm³/mol. The molecule has 3 rings (SSSR count). The van der Waals surface area contributed by atoms with Crippen LogP contribution < -0.4 is 10.1 Å². The van der Waals surface area contributed by atoms with Gasteiger partial charge in [0.05, 0.1) is 11.7 Å². The molecule has 19 heavy (non-hydrogen) atoms. The maximum absolute atomic E-state index is 5.68. The number of nitrogens with zero attached hydrogens (tertiary/aromatic N) is 3. The number of fused-ring (bicyclic) bond motifs is 1. The van der Waals surface area contributed by atoms with E-state index in [1.54, 1.807) is 19.3 Å². The molecule has 2 aromatic heterocycles.